The first-order valence-corrected chi connectivity index (χ1v) is 10.8. The Morgan fingerprint density at radius 2 is 1.86 bits per heavy atom. The molecule has 5 heteroatoms. The van der Waals surface area contributed by atoms with Crippen molar-refractivity contribution in [2.75, 3.05) is 13.1 Å². The van der Waals surface area contributed by atoms with Gasteiger partial charge in [-0.3, -0.25) is 4.98 Å². The smallest absolute Gasteiger partial charge is 0.169 e. The third kappa shape index (κ3) is 3.94. The minimum Gasteiger partial charge on any atom is -0.360 e. The average molecular weight is 412 g/mol. The van der Waals surface area contributed by atoms with Crippen molar-refractivity contribution >= 4 is 34.5 Å². The molecule has 3 nitrogen and oxygen atoms in total. The molecule has 2 aromatic rings. The van der Waals surface area contributed by atoms with Gasteiger partial charge in [-0.15, -0.1) is 0 Å². The van der Waals surface area contributed by atoms with Gasteiger partial charge in [0.25, 0.3) is 0 Å². The van der Waals surface area contributed by atoms with Crippen molar-refractivity contribution in [3.8, 4) is 0 Å². The van der Waals surface area contributed by atoms with E-state index in [1.165, 1.54) is 27.8 Å². The molecule has 1 aromatic heterocycles. The number of nitrogens with one attached hydrogen (secondary N) is 1. The molecule has 2 aliphatic rings. The summed E-state index contributed by atoms with van der Waals surface area (Å²) in [5.41, 5.74) is 7.91. The van der Waals surface area contributed by atoms with Gasteiger partial charge in [0.2, 0.25) is 0 Å². The Labute approximate surface area is 177 Å². The molecule has 2 heterocycles. The maximum absolute atomic E-state index is 6.31. The van der Waals surface area contributed by atoms with Crippen LogP contribution in [-0.2, 0) is 12.8 Å². The summed E-state index contributed by atoms with van der Waals surface area (Å²) in [5.74, 6) is 0. The molecule has 1 aromatic carbocycles. The zero-order valence-corrected chi connectivity index (χ0v) is 18.0. The lowest BCUT2D eigenvalue weighted by Crippen LogP contribution is -2.45. The van der Waals surface area contributed by atoms with Crippen molar-refractivity contribution in [2.45, 2.75) is 45.6 Å². The zero-order chi connectivity index (χ0) is 19.7. The Hall–Kier alpha value is -1.91. The second kappa shape index (κ2) is 8.22. The fraction of sp³-hybridized carbons (Fsp3) is 0.391. The number of halogens is 1. The quantitative estimate of drug-likeness (QED) is 0.667. The summed E-state index contributed by atoms with van der Waals surface area (Å²) in [6, 6.07) is 10.9. The third-order valence-corrected chi connectivity index (χ3v) is 6.16. The summed E-state index contributed by atoms with van der Waals surface area (Å²) in [4.78, 5) is 7.10. The van der Waals surface area contributed by atoms with Crippen LogP contribution in [-0.4, -0.2) is 34.1 Å². The van der Waals surface area contributed by atoms with Crippen molar-refractivity contribution in [1.82, 2.24) is 15.2 Å². The maximum atomic E-state index is 6.31. The van der Waals surface area contributed by atoms with Gasteiger partial charge >= 0.3 is 0 Å². The molecule has 0 unspecified atom stereocenters. The first-order chi connectivity index (χ1) is 13.5. The van der Waals surface area contributed by atoms with E-state index in [2.05, 4.69) is 42.3 Å². The number of likely N-dealkylation sites (tertiary alicyclic amines) is 1. The van der Waals surface area contributed by atoms with Crippen LogP contribution in [0.25, 0.3) is 5.57 Å². The van der Waals surface area contributed by atoms with Crippen molar-refractivity contribution in [3.63, 3.8) is 0 Å². The highest BCUT2D eigenvalue weighted by Crippen LogP contribution is 2.38. The van der Waals surface area contributed by atoms with Gasteiger partial charge in [0.05, 0.1) is 5.69 Å². The first kappa shape index (κ1) is 19.4. The van der Waals surface area contributed by atoms with Gasteiger partial charge in [0.1, 0.15) is 0 Å². The highest BCUT2D eigenvalue weighted by molar-refractivity contribution is 7.80. The molecule has 146 valence electrons. The summed E-state index contributed by atoms with van der Waals surface area (Å²) in [6.07, 6.45) is 5.93. The second-order valence-electron chi connectivity index (χ2n) is 7.88. The van der Waals surface area contributed by atoms with Gasteiger partial charge in [0, 0.05) is 35.9 Å². The predicted octanol–water partition coefficient (Wildman–Crippen LogP) is 5.01. The summed E-state index contributed by atoms with van der Waals surface area (Å²) in [7, 11) is 0. The van der Waals surface area contributed by atoms with E-state index >= 15 is 0 Å². The lowest BCUT2D eigenvalue weighted by molar-refractivity contribution is 0.379. The molecule has 0 bridgehead atoms. The molecular formula is C23H26ClN3S. The van der Waals surface area contributed by atoms with Crippen LogP contribution in [0.3, 0.4) is 0 Å². The van der Waals surface area contributed by atoms with E-state index in [1.54, 1.807) is 0 Å². The number of aryl methyl sites for hydroxylation is 2. The molecule has 0 radical (unpaired) electrons. The van der Waals surface area contributed by atoms with Crippen molar-refractivity contribution in [3.05, 3.63) is 69.5 Å². The molecule has 1 aliphatic heterocycles. The topological polar surface area (TPSA) is 28.2 Å². The predicted molar refractivity (Wildman–Crippen MR) is 121 cm³/mol. The molecule has 1 N–H and O–H groups in total. The number of nitrogens with zero attached hydrogens (tertiary/aromatic N) is 2. The number of piperidine rings is 1. The molecule has 0 spiro atoms. The number of rotatable bonds is 1. The van der Waals surface area contributed by atoms with Crippen LogP contribution in [0.5, 0.6) is 0 Å². The number of aromatic nitrogens is 1. The van der Waals surface area contributed by atoms with Crippen LogP contribution in [0.15, 0.2) is 42.1 Å². The first-order valence-electron chi connectivity index (χ1n) is 10.0. The van der Waals surface area contributed by atoms with Crippen molar-refractivity contribution in [2.24, 2.45) is 0 Å². The SMILES string of the molecule is CC(C)NC(=S)N1CCC(=C2c3ccc(Cl)cc3CCc3cccnc32)CC1. The van der Waals surface area contributed by atoms with E-state index in [4.69, 9.17) is 28.8 Å². The molecule has 28 heavy (non-hydrogen) atoms. The van der Waals surface area contributed by atoms with Crippen LogP contribution in [0.1, 0.15) is 49.1 Å². The maximum Gasteiger partial charge on any atom is 0.169 e. The lowest BCUT2D eigenvalue weighted by Gasteiger charge is -2.33. The van der Waals surface area contributed by atoms with E-state index in [0.29, 0.717) is 6.04 Å². The zero-order valence-electron chi connectivity index (χ0n) is 16.5. The number of hydrogen-bond acceptors (Lipinski definition) is 2. The van der Waals surface area contributed by atoms with Crippen LogP contribution in [0.2, 0.25) is 5.02 Å². The van der Waals surface area contributed by atoms with Crippen molar-refractivity contribution in [1.29, 1.82) is 0 Å². The highest BCUT2D eigenvalue weighted by atomic mass is 35.5. The fourth-order valence-corrected chi connectivity index (χ4v) is 4.81. The molecule has 1 fully saturated rings. The Bertz CT molecular complexity index is 925. The summed E-state index contributed by atoms with van der Waals surface area (Å²) in [5, 5.41) is 5.04. The molecule has 0 atom stereocenters. The second-order valence-corrected chi connectivity index (χ2v) is 8.71. The van der Waals surface area contributed by atoms with E-state index < -0.39 is 0 Å². The highest BCUT2D eigenvalue weighted by Gasteiger charge is 2.25. The van der Waals surface area contributed by atoms with Crippen LogP contribution >= 0.6 is 23.8 Å². The van der Waals surface area contributed by atoms with Crippen LogP contribution < -0.4 is 5.32 Å². The van der Waals surface area contributed by atoms with Gasteiger partial charge in [-0.25, -0.2) is 0 Å². The van der Waals surface area contributed by atoms with Gasteiger partial charge in [-0.2, -0.15) is 0 Å². The Morgan fingerprint density at radius 3 is 2.61 bits per heavy atom. The number of fused-ring (bicyclic) bond motifs is 2. The molecule has 1 aliphatic carbocycles. The molecule has 0 amide bonds. The Morgan fingerprint density at radius 1 is 1.11 bits per heavy atom. The average Bonchev–Trinajstić information content (AvgIpc) is 2.84. The molecule has 0 saturated carbocycles. The van der Waals surface area contributed by atoms with Crippen LogP contribution in [0, 0.1) is 0 Å². The number of hydrogen-bond donors (Lipinski definition) is 1. The molecular weight excluding hydrogens is 386 g/mol. The number of pyridine rings is 1. The fourth-order valence-electron chi connectivity index (χ4n) is 4.20. The van der Waals surface area contributed by atoms with E-state index in [9.17, 15) is 0 Å². The largest absolute Gasteiger partial charge is 0.360 e. The van der Waals surface area contributed by atoms with Gasteiger partial charge in [-0.1, -0.05) is 29.3 Å². The summed E-state index contributed by atoms with van der Waals surface area (Å²) in [6.45, 7) is 6.14. The summed E-state index contributed by atoms with van der Waals surface area (Å²) >= 11 is 11.9. The van der Waals surface area contributed by atoms with Gasteiger partial charge < -0.3 is 10.2 Å². The minimum absolute atomic E-state index is 0.363. The lowest BCUT2D eigenvalue weighted by atomic mass is 9.88. The van der Waals surface area contributed by atoms with E-state index in [0.717, 1.165) is 54.6 Å². The van der Waals surface area contributed by atoms with Gasteiger partial charge in [-0.05, 0) is 86.6 Å². The van der Waals surface area contributed by atoms with E-state index in [-0.39, 0.29) is 0 Å². The van der Waals surface area contributed by atoms with E-state index in [1.807, 2.05) is 18.3 Å². The number of thiocarbonyl (C=S) groups is 1. The van der Waals surface area contributed by atoms with Crippen molar-refractivity contribution < 1.29 is 0 Å². The Kier molecular flexibility index (Phi) is 5.70. The standard InChI is InChI=1S/C23H26ClN3S/c1-15(2)26-23(28)27-12-9-16(10-13-27)21-20-8-7-19(24)14-18(20)6-5-17-4-3-11-25-22(17)21/h3-4,7-8,11,14-15H,5-6,9-10,12-13H2,1-2H3,(H,26,28). The van der Waals surface area contributed by atoms with Crippen LogP contribution in [0.4, 0.5) is 0 Å². The third-order valence-electron chi connectivity index (χ3n) is 5.55. The molecule has 4 rings (SSSR count). The normalized spacial score (nSPS) is 16.5. The summed E-state index contributed by atoms with van der Waals surface area (Å²) < 4.78 is 0. The molecule has 1 saturated heterocycles. The minimum atomic E-state index is 0.363. The number of benzene rings is 1. The van der Waals surface area contributed by atoms with Gasteiger partial charge in [0.15, 0.2) is 5.11 Å². The Balaban J connectivity index is 1.72. The monoisotopic (exact) mass is 411 g/mol.